The molecule has 30 heavy (non-hydrogen) atoms. The molecular formula is C26H42O4. The standard InChI is InChI=1S/C26H42O4/c1-6-7-8-9-10-11-12-13-14-15-16-24-17-19-25(20-18-24)29-22(4)28-23(5)30-26(27)21(2)3/h17-20,22-23H,2,6-16H2,1,3-5H3. The van der Waals surface area contributed by atoms with Crippen molar-refractivity contribution in [2.45, 2.75) is 111 Å². The van der Waals surface area contributed by atoms with Crippen LogP contribution in [0.1, 0.15) is 97.5 Å². The summed E-state index contributed by atoms with van der Waals surface area (Å²) in [5, 5.41) is 0. The quantitative estimate of drug-likeness (QED) is 0.115. The predicted octanol–water partition coefficient (Wildman–Crippen LogP) is 7.36. The molecule has 0 saturated heterocycles. The highest BCUT2D eigenvalue weighted by Crippen LogP contribution is 2.17. The lowest BCUT2D eigenvalue weighted by Gasteiger charge is -2.20. The van der Waals surface area contributed by atoms with Crippen LogP contribution in [0.2, 0.25) is 0 Å². The van der Waals surface area contributed by atoms with Gasteiger partial charge in [0.25, 0.3) is 0 Å². The summed E-state index contributed by atoms with van der Waals surface area (Å²) >= 11 is 0. The number of hydrogen-bond acceptors (Lipinski definition) is 4. The van der Waals surface area contributed by atoms with Gasteiger partial charge in [0, 0.05) is 5.57 Å². The van der Waals surface area contributed by atoms with Crippen LogP contribution in [0.5, 0.6) is 5.75 Å². The molecule has 4 nitrogen and oxygen atoms in total. The Bertz CT molecular complexity index is 594. The molecule has 0 aliphatic rings. The second-order valence-electron chi connectivity index (χ2n) is 8.15. The Labute approximate surface area is 184 Å². The molecule has 2 unspecified atom stereocenters. The van der Waals surface area contributed by atoms with Gasteiger partial charge in [-0.1, -0.05) is 83.4 Å². The van der Waals surface area contributed by atoms with Crippen LogP contribution < -0.4 is 4.74 Å². The second kappa shape index (κ2) is 16.0. The molecule has 0 spiro atoms. The fourth-order valence-corrected chi connectivity index (χ4v) is 3.32. The SMILES string of the molecule is C=C(C)C(=O)OC(C)OC(C)Oc1ccc(CCCCCCCCCCCC)cc1. The van der Waals surface area contributed by atoms with Crippen molar-refractivity contribution in [2.75, 3.05) is 0 Å². The zero-order valence-corrected chi connectivity index (χ0v) is 19.6. The van der Waals surface area contributed by atoms with E-state index in [4.69, 9.17) is 14.2 Å². The lowest BCUT2D eigenvalue weighted by Crippen LogP contribution is -2.26. The van der Waals surface area contributed by atoms with E-state index in [1.54, 1.807) is 20.8 Å². The number of ether oxygens (including phenoxy) is 3. The fraction of sp³-hybridized carbons (Fsp3) is 0.654. The number of aryl methyl sites for hydroxylation is 1. The van der Waals surface area contributed by atoms with Crippen LogP contribution in [0.15, 0.2) is 36.4 Å². The first kappa shape index (κ1) is 26.2. The van der Waals surface area contributed by atoms with E-state index in [-0.39, 0.29) is 0 Å². The first-order chi connectivity index (χ1) is 14.4. The summed E-state index contributed by atoms with van der Waals surface area (Å²) in [6.07, 6.45) is 13.5. The minimum atomic E-state index is -0.695. The third-order valence-electron chi connectivity index (χ3n) is 5.05. The smallest absolute Gasteiger partial charge is 0.335 e. The maximum atomic E-state index is 11.5. The molecule has 0 radical (unpaired) electrons. The van der Waals surface area contributed by atoms with Crippen molar-refractivity contribution in [3.63, 3.8) is 0 Å². The van der Waals surface area contributed by atoms with Gasteiger partial charge in [-0.3, -0.25) is 0 Å². The van der Waals surface area contributed by atoms with E-state index >= 15 is 0 Å². The summed E-state index contributed by atoms with van der Waals surface area (Å²) in [5.74, 6) is 0.277. The molecule has 0 fully saturated rings. The molecule has 1 aromatic carbocycles. The Hall–Kier alpha value is -1.81. The van der Waals surface area contributed by atoms with Crippen LogP contribution >= 0.6 is 0 Å². The van der Waals surface area contributed by atoms with Crippen LogP contribution in [-0.2, 0) is 20.7 Å². The highest BCUT2D eigenvalue weighted by Gasteiger charge is 2.14. The maximum Gasteiger partial charge on any atom is 0.335 e. The first-order valence-electron chi connectivity index (χ1n) is 11.7. The van der Waals surface area contributed by atoms with Crippen molar-refractivity contribution in [3.8, 4) is 5.75 Å². The maximum absolute atomic E-state index is 11.5. The lowest BCUT2D eigenvalue weighted by atomic mass is 10.0. The molecule has 0 aliphatic carbocycles. The van der Waals surface area contributed by atoms with Crippen LogP contribution in [0.25, 0.3) is 0 Å². The molecule has 0 amide bonds. The number of carbonyl (C=O) groups excluding carboxylic acids is 1. The van der Waals surface area contributed by atoms with E-state index in [1.807, 2.05) is 12.1 Å². The van der Waals surface area contributed by atoms with E-state index < -0.39 is 18.5 Å². The molecule has 0 bridgehead atoms. The Morgan fingerprint density at radius 2 is 1.40 bits per heavy atom. The van der Waals surface area contributed by atoms with Gasteiger partial charge in [-0.05, 0) is 51.3 Å². The molecule has 0 aromatic heterocycles. The topological polar surface area (TPSA) is 44.8 Å². The fourth-order valence-electron chi connectivity index (χ4n) is 3.32. The Morgan fingerprint density at radius 3 is 1.93 bits per heavy atom. The predicted molar refractivity (Wildman–Crippen MR) is 124 cm³/mol. The third-order valence-corrected chi connectivity index (χ3v) is 5.05. The monoisotopic (exact) mass is 418 g/mol. The Balaban J connectivity index is 2.16. The molecule has 0 heterocycles. The lowest BCUT2D eigenvalue weighted by molar-refractivity contribution is -0.205. The molecule has 0 N–H and O–H groups in total. The van der Waals surface area contributed by atoms with Gasteiger partial charge in [-0.15, -0.1) is 0 Å². The van der Waals surface area contributed by atoms with Crippen molar-refractivity contribution in [2.24, 2.45) is 0 Å². The van der Waals surface area contributed by atoms with Crippen molar-refractivity contribution >= 4 is 5.97 Å². The van der Waals surface area contributed by atoms with Gasteiger partial charge in [-0.2, -0.15) is 0 Å². The zero-order chi connectivity index (χ0) is 22.2. The van der Waals surface area contributed by atoms with Crippen molar-refractivity contribution in [1.82, 2.24) is 0 Å². The van der Waals surface area contributed by atoms with Crippen molar-refractivity contribution in [1.29, 1.82) is 0 Å². The molecule has 1 aromatic rings. The zero-order valence-electron chi connectivity index (χ0n) is 19.6. The average Bonchev–Trinajstić information content (AvgIpc) is 2.70. The summed E-state index contributed by atoms with van der Waals surface area (Å²) < 4.78 is 16.4. The van der Waals surface area contributed by atoms with Gasteiger partial charge in [-0.25, -0.2) is 4.79 Å². The number of esters is 1. The molecular weight excluding hydrogens is 376 g/mol. The van der Waals surface area contributed by atoms with Crippen LogP contribution in [0, 0.1) is 0 Å². The van der Waals surface area contributed by atoms with Crippen molar-refractivity contribution in [3.05, 3.63) is 42.0 Å². The van der Waals surface area contributed by atoms with Gasteiger partial charge >= 0.3 is 5.97 Å². The average molecular weight is 419 g/mol. The Morgan fingerprint density at radius 1 is 0.867 bits per heavy atom. The van der Waals surface area contributed by atoms with E-state index in [1.165, 1.54) is 69.8 Å². The van der Waals surface area contributed by atoms with Gasteiger partial charge in [0.1, 0.15) is 5.75 Å². The number of benzene rings is 1. The van der Waals surface area contributed by atoms with E-state index in [2.05, 4.69) is 25.6 Å². The number of carbonyl (C=O) groups is 1. The summed E-state index contributed by atoms with van der Waals surface area (Å²) in [4.78, 5) is 11.5. The third kappa shape index (κ3) is 12.7. The van der Waals surface area contributed by atoms with Crippen LogP contribution in [-0.4, -0.2) is 18.5 Å². The van der Waals surface area contributed by atoms with E-state index in [0.717, 1.165) is 12.2 Å². The first-order valence-corrected chi connectivity index (χ1v) is 11.7. The summed E-state index contributed by atoms with van der Waals surface area (Å²) in [6, 6.07) is 8.16. The number of rotatable bonds is 17. The van der Waals surface area contributed by atoms with Crippen LogP contribution in [0.4, 0.5) is 0 Å². The highest BCUT2D eigenvalue weighted by molar-refractivity contribution is 5.86. The number of hydrogen-bond donors (Lipinski definition) is 0. The highest BCUT2D eigenvalue weighted by atomic mass is 16.8. The molecule has 0 saturated carbocycles. The molecule has 170 valence electrons. The Kier molecular flexibility index (Phi) is 13.9. The van der Waals surface area contributed by atoms with Gasteiger partial charge in [0.15, 0.2) is 0 Å². The van der Waals surface area contributed by atoms with E-state index in [0.29, 0.717) is 5.57 Å². The second-order valence-corrected chi connectivity index (χ2v) is 8.15. The molecule has 4 heteroatoms. The normalized spacial score (nSPS) is 12.9. The van der Waals surface area contributed by atoms with Gasteiger partial charge < -0.3 is 14.2 Å². The number of unbranched alkanes of at least 4 members (excludes halogenated alkanes) is 9. The minimum absolute atomic E-state index is 0.344. The summed E-state index contributed by atoms with van der Waals surface area (Å²) in [7, 11) is 0. The largest absolute Gasteiger partial charge is 0.465 e. The van der Waals surface area contributed by atoms with Crippen molar-refractivity contribution < 1.29 is 19.0 Å². The molecule has 0 aliphatic heterocycles. The van der Waals surface area contributed by atoms with Gasteiger partial charge in [0.2, 0.25) is 12.6 Å². The minimum Gasteiger partial charge on any atom is -0.465 e. The molecule has 2 atom stereocenters. The summed E-state index contributed by atoms with van der Waals surface area (Å²) in [5.41, 5.74) is 1.68. The molecule has 1 rings (SSSR count). The summed E-state index contributed by atoms with van der Waals surface area (Å²) in [6.45, 7) is 10.9. The van der Waals surface area contributed by atoms with Crippen LogP contribution in [0.3, 0.4) is 0 Å². The van der Waals surface area contributed by atoms with Gasteiger partial charge in [0.05, 0.1) is 0 Å². The van der Waals surface area contributed by atoms with E-state index in [9.17, 15) is 4.79 Å².